The van der Waals surface area contributed by atoms with Gasteiger partial charge in [-0.25, -0.2) is 0 Å². The van der Waals surface area contributed by atoms with Crippen LogP contribution in [0.2, 0.25) is 0 Å². The molecule has 1 fully saturated rings. The zero-order valence-electron chi connectivity index (χ0n) is 10.6. The van der Waals surface area contributed by atoms with E-state index in [1.165, 1.54) is 30.4 Å². The maximum Gasteiger partial charge on any atom is 0.0211 e. The number of hydrogen-bond acceptors (Lipinski definition) is 2. The van der Waals surface area contributed by atoms with Crippen LogP contribution in [0.4, 0.5) is 0 Å². The van der Waals surface area contributed by atoms with Crippen molar-refractivity contribution in [1.29, 1.82) is 0 Å². The minimum atomic E-state index is 0.789. The summed E-state index contributed by atoms with van der Waals surface area (Å²) in [6, 6.07) is 7.54. The second kappa shape index (κ2) is 4.79. The lowest BCUT2D eigenvalue weighted by Gasteiger charge is -2.20. The fourth-order valence-electron chi connectivity index (χ4n) is 2.97. The fraction of sp³-hybridized carbons (Fsp3) is 0.600. The molecule has 0 aromatic heterocycles. The predicted octanol–water partition coefficient (Wildman–Crippen LogP) is 2.22. The fourth-order valence-corrected chi connectivity index (χ4v) is 2.97. The van der Waals surface area contributed by atoms with Crippen LogP contribution in [0.25, 0.3) is 0 Å². The Morgan fingerprint density at radius 3 is 3.18 bits per heavy atom. The molecule has 0 saturated heterocycles. The first-order chi connectivity index (χ1) is 8.38. The molecule has 0 amide bonds. The summed E-state index contributed by atoms with van der Waals surface area (Å²) in [6.07, 6.45) is 3.90. The molecule has 2 N–H and O–H groups in total. The summed E-state index contributed by atoms with van der Waals surface area (Å²) in [5.41, 5.74) is 4.61. The van der Waals surface area contributed by atoms with Gasteiger partial charge < -0.3 is 10.6 Å². The van der Waals surface area contributed by atoms with Crippen molar-refractivity contribution in [3.05, 3.63) is 34.9 Å². The molecular formula is C15H22N2. The van der Waals surface area contributed by atoms with Crippen LogP contribution >= 0.6 is 0 Å². The van der Waals surface area contributed by atoms with Gasteiger partial charge in [0.05, 0.1) is 0 Å². The molecule has 3 rings (SSSR count). The molecule has 2 heteroatoms. The van der Waals surface area contributed by atoms with Gasteiger partial charge in [0, 0.05) is 19.1 Å². The lowest BCUT2D eigenvalue weighted by molar-refractivity contribution is 0.604. The van der Waals surface area contributed by atoms with Crippen LogP contribution in [0, 0.1) is 5.92 Å². The molecule has 2 aliphatic rings. The number of rotatable bonds is 4. The normalized spacial score (nSPS) is 26.6. The van der Waals surface area contributed by atoms with E-state index in [-0.39, 0.29) is 0 Å². The average Bonchev–Trinajstić information content (AvgIpc) is 3.15. The molecule has 0 spiro atoms. The highest BCUT2D eigenvalue weighted by Gasteiger charge is 2.34. The third-order valence-corrected chi connectivity index (χ3v) is 4.24. The van der Waals surface area contributed by atoms with E-state index < -0.39 is 0 Å². The van der Waals surface area contributed by atoms with Crippen molar-refractivity contribution in [2.75, 3.05) is 6.54 Å². The zero-order chi connectivity index (χ0) is 11.7. The molecule has 1 saturated carbocycles. The van der Waals surface area contributed by atoms with Crippen molar-refractivity contribution < 1.29 is 0 Å². The Bertz CT molecular complexity index is 400. The minimum Gasteiger partial charge on any atom is -0.312 e. The molecule has 1 aromatic carbocycles. The van der Waals surface area contributed by atoms with E-state index in [0.717, 1.165) is 31.6 Å². The Kier molecular flexibility index (Phi) is 3.17. The third kappa shape index (κ3) is 2.38. The summed E-state index contributed by atoms with van der Waals surface area (Å²) in [4.78, 5) is 0. The zero-order valence-corrected chi connectivity index (χ0v) is 10.6. The highest BCUT2D eigenvalue weighted by molar-refractivity contribution is 5.37. The largest absolute Gasteiger partial charge is 0.312 e. The first-order valence-electron chi connectivity index (χ1n) is 6.92. The molecule has 2 nitrogen and oxygen atoms in total. The monoisotopic (exact) mass is 230 g/mol. The molecule has 92 valence electrons. The highest BCUT2D eigenvalue weighted by Crippen LogP contribution is 2.33. The first-order valence-corrected chi connectivity index (χ1v) is 6.92. The Morgan fingerprint density at radius 2 is 2.35 bits per heavy atom. The van der Waals surface area contributed by atoms with E-state index in [4.69, 9.17) is 0 Å². The molecule has 1 heterocycles. The topological polar surface area (TPSA) is 24.1 Å². The SMILES string of the molecule is CCC1CC1NCc1cccc2c1CCNC2. The summed E-state index contributed by atoms with van der Waals surface area (Å²) >= 11 is 0. The highest BCUT2D eigenvalue weighted by atomic mass is 15.0. The van der Waals surface area contributed by atoms with Gasteiger partial charge in [0.1, 0.15) is 0 Å². The number of fused-ring (bicyclic) bond motifs is 1. The predicted molar refractivity (Wildman–Crippen MR) is 70.9 cm³/mol. The summed E-state index contributed by atoms with van der Waals surface area (Å²) in [6.45, 7) is 5.53. The molecule has 2 unspecified atom stereocenters. The van der Waals surface area contributed by atoms with Crippen molar-refractivity contribution in [3.8, 4) is 0 Å². The van der Waals surface area contributed by atoms with Crippen molar-refractivity contribution in [3.63, 3.8) is 0 Å². The van der Waals surface area contributed by atoms with E-state index in [0.29, 0.717) is 0 Å². The lowest BCUT2D eigenvalue weighted by atomic mass is 9.95. The summed E-state index contributed by atoms with van der Waals surface area (Å²) in [7, 11) is 0. The van der Waals surface area contributed by atoms with Crippen LogP contribution in [0.15, 0.2) is 18.2 Å². The smallest absolute Gasteiger partial charge is 0.0211 e. The van der Waals surface area contributed by atoms with E-state index in [9.17, 15) is 0 Å². The van der Waals surface area contributed by atoms with Crippen LogP contribution in [0.5, 0.6) is 0 Å². The second-order valence-corrected chi connectivity index (χ2v) is 5.37. The molecule has 17 heavy (non-hydrogen) atoms. The maximum atomic E-state index is 3.70. The molecule has 0 bridgehead atoms. The molecule has 1 aliphatic heterocycles. The second-order valence-electron chi connectivity index (χ2n) is 5.37. The Hall–Kier alpha value is -0.860. The Morgan fingerprint density at radius 1 is 1.41 bits per heavy atom. The lowest BCUT2D eigenvalue weighted by Crippen LogP contribution is -2.26. The quantitative estimate of drug-likeness (QED) is 0.829. The van der Waals surface area contributed by atoms with Gasteiger partial charge in [0.2, 0.25) is 0 Å². The van der Waals surface area contributed by atoms with Gasteiger partial charge in [0.25, 0.3) is 0 Å². The van der Waals surface area contributed by atoms with Gasteiger partial charge in [-0.05, 0) is 42.0 Å². The van der Waals surface area contributed by atoms with Crippen molar-refractivity contribution in [2.45, 2.75) is 45.3 Å². The van der Waals surface area contributed by atoms with E-state index in [1.807, 2.05) is 0 Å². The number of benzene rings is 1. The van der Waals surface area contributed by atoms with E-state index >= 15 is 0 Å². The summed E-state index contributed by atoms with van der Waals surface area (Å²) in [5, 5.41) is 7.14. The van der Waals surface area contributed by atoms with Gasteiger partial charge in [-0.2, -0.15) is 0 Å². The van der Waals surface area contributed by atoms with Crippen molar-refractivity contribution in [2.24, 2.45) is 5.92 Å². The Balaban J connectivity index is 1.66. The average molecular weight is 230 g/mol. The number of hydrogen-bond donors (Lipinski definition) is 2. The van der Waals surface area contributed by atoms with Gasteiger partial charge in [0.15, 0.2) is 0 Å². The van der Waals surface area contributed by atoms with Gasteiger partial charge in [-0.15, -0.1) is 0 Å². The van der Waals surface area contributed by atoms with Crippen LogP contribution in [-0.4, -0.2) is 12.6 Å². The molecular weight excluding hydrogens is 208 g/mol. The first kappa shape index (κ1) is 11.2. The van der Waals surface area contributed by atoms with Gasteiger partial charge >= 0.3 is 0 Å². The summed E-state index contributed by atoms with van der Waals surface area (Å²) < 4.78 is 0. The van der Waals surface area contributed by atoms with Crippen LogP contribution < -0.4 is 10.6 Å². The Labute approximate surface area is 104 Å². The van der Waals surface area contributed by atoms with Crippen LogP contribution in [0.3, 0.4) is 0 Å². The van der Waals surface area contributed by atoms with Crippen molar-refractivity contribution in [1.82, 2.24) is 10.6 Å². The summed E-state index contributed by atoms with van der Waals surface area (Å²) in [5.74, 6) is 0.941. The van der Waals surface area contributed by atoms with Crippen LogP contribution in [-0.2, 0) is 19.5 Å². The van der Waals surface area contributed by atoms with Gasteiger partial charge in [-0.1, -0.05) is 31.5 Å². The standard InChI is InChI=1S/C15H22N2/c1-2-11-8-15(11)17-10-13-5-3-4-12-9-16-7-6-14(12)13/h3-5,11,15-17H,2,6-10H2,1H3. The van der Waals surface area contributed by atoms with Gasteiger partial charge in [-0.3, -0.25) is 0 Å². The maximum absolute atomic E-state index is 3.70. The van der Waals surface area contributed by atoms with E-state index in [1.54, 1.807) is 5.56 Å². The number of nitrogens with one attached hydrogen (secondary N) is 2. The molecule has 2 atom stereocenters. The van der Waals surface area contributed by atoms with Crippen molar-refractivity contribution >= 4 is 0 Å². The van der Waals surface area contributed by atoms with Crippen LogP contribution in [0.1, 0.15) is 36.5 Å². The molecule has 0 radical (unpaired) electrons. The molecule has 1 aromatic rings. The van der Waals surface area contributed by atoms with E-state index in [2.05, 4.69) is 35.8 Å². The third-order valence-electron chi connectivity index (χ3n) is 4.24. The molecule has 1 aliphatic carbocycles. The minimum absolute atomic E-state index is 0.789.